The van der Waals surface area contributed by atoms with Gasteiger partial charge in [-0.1, -0.05) is 27.7 Å². The number of carbonyl (C=O) groups is 1. The minimum Gasteiger partial charge on any atom is -0.339 e. The molecular formula is C13H26N2OS. The number of hydrogen-bond acceptors (Lipinski definition) is 3. The van der Waals surface area contributed by atoms with Crippen molar-refractivity contribution < 1.29 is 4.79 Å². The molecule has 0 bridgehead atoms. The smallest absolute Gasteiger partial charge is 0.239 e. The average Bonchev–Trinajstić information content (AvgIpc) is 2.27. The van der Waals surface area contributed by atoms with Gasteiger partial charge in [-0.25, -0.2) is 0 Å². The fraction of sp³-hybridized carbons (Fsp3) is 0.923. The van der Waals surface area contributed by atoms with Crippen molar-refractivity contribution in [3.05, 3.63) is 0 Å². The highest BCUT2D eigenvalue weighted by atomic mass is 32.2. The second kappa shape index (κ2) is 6.64. The Morgan fingerprint density at radius 3 is 2.59 bits per heavy atom. The second-order valence-electron chi connectivity index (χ2n) is 5.67. The van der Waals surface area contributed by atoms with E-state index in [0.29, 0.717) is 17.1 Å². The summed E-state index contributed by atoms with van der Waals surface area (Å²) in [6.07, 6.45) is 0.787. The van der Waals surface area contributed by atoms with Gasteiger partial charge < -0.3 is 10.6 Å². The SMILES string of the molecule is CC(C)C[C@H](N)C(=O)N1CCSC(C(C)C)C1. The molecule has 1 amide bonds. The van der Waals surface area contributed by atoms with Gasteiger partial charge in [0.25, 0.3) is 0 Å². The molecule has 1 aliphatic heterocycles. The summed E-state index contributed by atoms with van der Waals surface area (Å²) in [4.78, 5) is 14.2. The Morgan fingerprint density at radius 2 is 2.06 bits per heavy atom. The molecular weight excluding hydrogens is 232 g/mol. The van der Waals surface area contributed by atoms with E-state index in [1.807, 2.05) is 16.7 Å². The lowest BCUT2D eigenvalue weighted by Crippen LogP contribution is -2.50. The first-order valence-electron chi connectivity index (χ1n) is 6.57. The molecule has 0 aliphatic carbocycles. The van der Waals surface area contributed by atoms with Crippen LogP contribution in [0.15, 0.2) is 0 Å². The fourth-order valence-electron chi connectivity index (χ4n) is 2.12. The van der Waals surface area contributed by atoms with E-state index < -0.39 is 0 Å². The van der Waals surface area contributed by atoms with Crippen molar-refractivity contribution in [3.63, 3.8) is 0 Å². The Kier molecular flexibility index (Phi) is 5.80. The van der Waals surface area contributed by atoms with Gasteiger partial charge in [0, 0.05) is 24.1 Å². The molecule has 1 rings (SSSR count). The molecule has 0 radical (unpaired) electrons. The molecule has 1 heterocycles. The Morgan fingerprint density at radius 1 is 1.41 bits per heavy atom. The van der Waals surface area contributed by atoms with Crippen molar-refractivity contribution in [3.8, 4) is 0 Å². The van der Waals surface area contributed by atoms with Gasteiger partial charge >= 0.3 is 0 Å². The first-order chi connectivity index (χ1) is 7.91. The highest BCUT2D eigenvalue weighted by molar-refractivity contribution is 8.00. The molecule has 1 saturated heterocycles. The number of amides is 1. The normalized spacial score (nSPS) is 23.2. The van der Waals surface area contributed by atoms with E-state index in [1.165, 1.54) is 0 Å². The van der Waals surface area contributed by atoms with Crippen molar-refractivity contribution in [1.82, 2.24) is 4.90 Å². The van der Waals surface area contributed by atoms with Crippen LogP contribution < -0.4 is 5.73 Å². The lowest BCUT2D eigenvalue weighted by atomic mass is 10.0. The Balaban J connectivity index is 2.51. The van der Waals surface area contributed by atoms with Crippen LogP contribution in [-0.2, 0) is 4.79 Å². The molecule has 0 aromatic carbocycles. The van der Waals surface area contributed by atoms with E-state index in [9.17, 15) is 4.79 Å². The number of nitrogens with two attached hydrogens (primary N) is 1. The molecule has 100 valence electrons. The first kappa shape index (κ1) is 14.8. The summed E-state index contributed by atoms with van der Waals surface area (Å²) in [5.41, 5.74) is 5.97. The summed E-state index contributed by atoms with van der Waals surface area (Å²) in [6.45, 7) is 10.4. The maximum Gasteiger partial charge on any atom is 0.239 e. The monoisotopic (exact) mass is 258 g/mol. The molecule has 17 heavy (non-hydrogen) atoms. The molecule has 4 heteroatoms. The van der Waals surface area contributed by atoms with Crippen LogP contribution in [0.2, 0.25) is 0 Å². The van der Waals surface area contributed by atoms with Crippen LogP contribution in [0, 0.1) is 11.8 Å². The van der Waals surface area contributed by atoms with Crippen LogP contribution in [0.1, 0.15) is 34.1 Å². The summed E-state index contributed by atoms with van der Waals surface area (Å²) in [6, 6.07) is -0.314. The average molecular weight is 258 g/mol. The zero-order chi connectivity index (χ0) is 13.0. The van der Waals surface area contributed by atoms with Crippen LogP contribution in [0.5, 0.6) is 0 Å². The second-order valence-corrected chi connectivity index (χ2v) is 7.02. The quantitative estimate of drug-likeness (QED) is 0.838. The van der Waals surface area contributed by atoms with E-state index in [1.54, 1.807) is 0 Å². The summed E-state index contributed by atoms with van der Waals surface area (Å²) < 4.78 is 0. The van der Waals surface area contributed by atoms with Gasteiger partial charge in [-0.2, -0.15) is 11.8 Å². The molecule has 3 nitrogen and oxygen atoms in total. The molecule has 2 atom stereocenters. The highest BCUT2D eigenvalue weighted by Crippen LogP contribution is 2.25. The minimum atomic E-state index is -0.314. The van der Waals surface area contributed by atoms with E-state index in [-0.39, 0.29) is 11.9 Å². The van der Waals surface area contributed by atoms with Crippen LogP contribution in [0.3, 0.4) is 0 Å². The maximum absolute atomic E-state index is 12.2. The van der Waals surface area contributed by atoms with Crippen molar-refractivity contribution in [1.29, 1.82) is 0 Å². The van der Waals surface area contributed by atoms with Gasteiger partial charge in [0.2, 0.25) is 5.91 Å². The fourth-order valence-corrected chi connectivity index (χ4v) is 3.42. The summed E-state index contributed by atoms with van der Waals surface area (Å²) in [5, 5.41) is 0.568. The third-order valence-electron chi connectivity index (χ3n) is 3.19. The van der Waals surface area contributed by atoms with Crippen LogP contribution in [0.4, 0.5) is 0 Å². The maximum atomic E-state index is 12.2. The predicted octanol–water partition coefficient (Wildman–Crippen LogP) is 1.96. The Hall–Kier alpha value is -0.220. The number of rotatable bonds is 4. The van der Waals surface area contributed by atoms with Crippen molar-refractivity contribution in [2.24, 2.45) is 17.6 Å². The van der Waals surface area contributed by atoms with Crippen molar-refractivity contribution >= 4 is 17.7 Å². The van der Waals surface area contributed by atoms with E-state index >= 15 is 0 Å². The van der Waals surface area contributed by atoms with E-state index in [2.05, 4.69) is 27.7 Å². The first-order valence-corrected chi connectivity index (χ1v) is 7.62. The standard InChI is InChI=1S/C13H26N2OS/c1-9(2)7-11(14)13(16)15-5-6-17-12(8-15)10(3)4/h9-12H,5-8,14H2,1-4H3/t11-,12?/m0/s1. The molecule has 1 aliphatic rings. The zero-order valence-electron chi connectivity index (χ0n) is 11.5. The van der Waals surface area contributed by atoms with E-state index in [4.69, 9.17) is 5.73 Å². The largest absolute Gasteiger partial charge is 0.339 e. The van der Waals surface area contributed by atoms with Gasteiger partial charge in [0.05, 0.1) is 6.04 Å². The molecule has 0 spiro atoms. The molecule has 1 fully saturated rings. The number of thioether (sulfide) groups is 1. The lowest BCUT2D eigenvalue weighted by molar-refractivity contribution is -0.133. The summed E-state index contributed by atoms with van der Waals surface area (Å²) >= 11 is 1.98. The van der Waals surface area contributed by atoms with Crippen LogP contribution in [-0.4, -0.2) is 40.9 Å². The minimum absolute atomic E-state index is 0.143. The number of nitrogens with zero attached hydrogens (tertiary/aromatic N) is 1. The van der Waals surface area contributed by atoms with Gasteiger partial charge in [-0.15, -0.1) is 0 Å². The van der Waals surface area contributed by atoms with E-state index in [0.717, 1.165) is 25.3 Å². The van der Waals surface area contributed by atoms with Crippen molar-refractivity contribution in [2.45, 2.75) is 45.4 Å². The van der Waals surface area contributed by atoms with Gasteiger partial charge in [-0.3, -0.25) is 4.79 Å². The Labute approximate surface area is 109 Å². The Bertz CT molecular complexity index is 256. The molecule has 0 aromatic heterocycles. The van der Waals surface area contributed by atoms with Gasteiger partial charge in [0.15, 0.2) is 0 Å². The topological polar surface area (TPSA) is 46.3 Å². The van der Waals surface area contributed by atoms with Gasteiger partial charge in [-0.05, 0) is 18.3 Å². The predicted molar refractivity (Wildman–Crippen MR) is 75.1 cm³/mol. The number of hydrogen-bond donors (Lipinski definition) is 1. The molecule has 2 N–H and O–H groups in total. The zero-order valence-corrected chi connectivity index (χ0v) is 12.3. The van der Waals surface area contributed by atoms with Crippen molar-refractivity contribution in [2.75, 3.05) is 18.8 Å². The van der Waals surface area contributed by atoms with Crippen LogP contribution in [0.25, 0.3) is 0 Å². The molecule has 0 saturated carbocycles. The van der Waals surface area contributed by atoms with Gasteiger partial charge in [0.1, 0.15) is 0 Å². The molecule has 0 aromatic rings. The summed E-state index contributed by atoms with van der Waals surface area (Å²) in [5.74, 6) is 2.29. The van der Waals surface area contributed by atoms with Crippen LogP contribution >= 0.6 is 11.8 Å². The number of carbonyl (C=O) groups excluding carboxylic acids is 1. The summed E-state index contributed by atoms with van der Waals surface area (Å²) in [7, 11) is 0. The third-order valence-corrected chi connectivity index (χ3v) is 4.73. The highest BCUT2D eigenvalue weighted by Gasteiger charge is 2.28. The lowest BCUT2D eigenvalue weighted by Gasteiger charge is -2.35. The molecule has 1 unspecified atom stereocenters. The third kappa shape index (κ3) is 4.51.